The molecule has 3 heteroatoms. The number of piperazine rings is 1. The van der Waals surface area contributed by atoms with Crippen LogP contribution in [0.25, 0.3) is 0 Å². The fourth-order valence-corrected chi connectivity index (χ4v) is 2.94. The summed E-state index contributed by atoms with van der Waals surface area (Å²) in [4.78, 5) is 5.30. The van der Waals surface area contributed by atoms with Crippen LogP contribution in [-0.4, -0.2) is 60.8 Å². The first-order valence-electron chi connectivity index (χ1n) is 5.92. The molecule has 3 atom stereocenters. The number of hydrogen-bond acceptors (Lipinski definition) is 3. The second-order valence-corrected chi connectivity index (χ2v) is 5.05. The number of epoxide rings is 1. The molecule has 3 rings (SSSR count). The van der Waals surface area contributed by atoms with Gasteiger partial charge in [-0.1, -0.05) is 0 Å². The third-order valence-corrected chi connectivity index (χ3v) is 3.91. The maximum absolute atomic E-state index is 5.32. The Morgan fingerprint density at radius 1 is 1.36 bits per heavy atom. The zero-order valence-corrected chi connectivity index (χ0v) is 8.98. The lowest BCUT2D eigenvalue weighted by atomic mass is 10.1. The van der Waals surface area contributed by atoms with E-state index in [0.717, 1.165) is 18.7 Å². The second-order valence-electron chi connectivity index (χ2n) is 5.05. The van der Waals surface area contributed by atoms with E-state index in [2.05, 4.69) is 16.7 Å². The molecule has 0 aromatic rings. The molecule has 0 spiro atoms. The van der Waals surface area contributed by atoms with Gasteiger partial charge in [-0.25, -0.2) is 0 Å². The first-order chi connectivity index (χ1) is 6.83. The van der Waals surface area contributed by atoms with Gasteiger partial charge in [0.1, 0.15) is 0 Å². The van der Waals surface area contributed by atoms with Crippen LogP contribution in [0.15, 0.2) is 0 Å². The van der Waals surface area contributed by atoms with Gasteiger partial charge < -0.3 is 4.74 Å². The number of hydrogen-bond donors (Lipinski definition) is 0. The van der Waals surface area contributed by atoms with E-state index in [1.807, 2.05) is 0 Å². The average Bonchev–Trinajstić information content (AvgIpc) is 2.85. The minimum Gasteiger partial charge on any atom is -0.372 e. The lowest BCUT2D eigenvalue weighted by Gasteiger charge is -2.42. The fourth-order valence-electron chi connectivity index (χ4n) is 2.94. The number of ether oxygens (including phenoxy) is 1. The van der Waals surface area contributed by atoms with E-state index >= 15 is 0 Å². The standard InChI is InChI=1S/C11H20N2O/c1-9-5-12-4-2-3-10(12)6-13(9)7-11-8-14-11/h9-11H,2-8H2,1H3/t9?,10?,11-/m1/s1. The third-order valence-electron chi connectivity index (χ3n) is 3.91. The first-order valence-corrected chi connectivity index (χ1v) is 5.92. The molecule has 0 aliphatic carbocycles. The quantitative estimate of drug-likeness (QED) is 0.601. The van der Waals surface area contributed by atoms with Crippen LogP contribution in [0.2, 0.25) is 0 Å². The Labute approximate surface area is 86.0 Å². The summed E-state index contributed by atoms with van der Waals surface area (Å²) in [7, 11) is 0. The zero-order chi connectivity index (χ0) is 9.54. The normalized spacial score (nSPS) is 43.9. The van der Waals surface area contributed by atoms with E-state index in [-0.39, 0.29) is 0 Å². The lowest BCUT2D eigenvalue weighted by molar-refractivity contribution is 0.0546. The van der Waals surface area contributed by atoms with Crippen molar-refractivity contribution in [2.45, 2.75) is 38.0 Å². The van der Waals surface area contributed by atoms with Crippen molar-refractivity contribution in [2.75, 3.05) is 32.8 Å². The van der Waals surface area contributed by atoms with Gasteiger partial charge in [-0.2, -0.15) is 0 Å². The Morgan fingerprint density at radius 2 is 2.21 bits per heavy atom. The van der Waals surface area contributed by atoms with Crippen LogP contribution in [0.4, 0.5) is 0 Å². The first kappa shape index (κ1) is 9.13. The fraction of sp³-hybridized carbons (Fsp3) is 1.00. The Morgan fingerprint density at radius 3 is 3.00 bits per heavy atom. The maximum Gasteiger partial charge on any atom is 0.0936 e. The molecule has 3 fully saturated rings. The molecule has 0 aromatic heterocycles. The van der Waals surface area contributed by atoms with E-state index in [4.69, 9.17) is 4.74 Å². The SMILES string of the molecule is CC1CN2CCCC2CN1C[C@@H]1CO1. The van der Waals surface area contributed by atoms with Crippen LogP contribution in [0.5, 0.6) is 0 Å². The van der Waals surface area contributed by atoms with E-state index < -0.39 is 0 Å². The van der Waals surface area contributed by atoms with Crippen molar-refractivity contribution in [3.05, 3.63) is 0 Å². The molecule has 80 valence electrons. The van der Waals surface area contributed by atoms with E-state index in [1.165, 1.54) is 39.0 Å². The van der Waals surface area contributed by atoms with E-state index in [1.54, 1.807) is 0 Å². The Kier molecular flexibility index (Phi) is 2.26. The zero-order valence-electron chi connectivity index (χ0n) is 8.98. The molecule has 3 heterocycles. The molecule has 0 radical (unpaired) electrons. The highest BCUT2D eigenvalue weighted by Crippen LogP contribution is 2.25. The highest BCUT2D eigenvalue weighted by atomic mass is 16.6. The van der Waals surface area contributed by atoms with Crippen molar-refractivity contribution in [3.8, 4) is 0 Å². The van der Waals surface area contributed by atoms with Gasteiger partial charge in [-0.05, 0) is 26.3 Å². The summed E-state index contributed by atoms with van der Waals surface area (Å²) in [5.41, 5.74) is 0. The molecule has 3 nitrogen and oxygen atoms in total. The molecule has 0 aromatic carbocycles. The van der Waals surface area contributed by atoms with Crippen LogP contribution in [0.3, 0.4) is 0 Å². The second kappa shape index (κ2) is 3.47. The largest absolute Gasteiger partial charge is 0.372 e. The molecular weight excluding hydrogens is 176 g/mol. The van der Waals surface area contributed by atoms with Gasteiger partial charge >= 0.3 is 0 Å². The van der Waals surface area contributed by atoms with Gasteiger partial charge in [-0.3, -0.25) is 9.80 Å². The third kappa shape index (κ3) is 1.69. The Balaban J connectivity index is 1.61. The van der Waals surface area contributed by atoms with Crippen LogP contribution in [-0.2, 0) is 4.74 Å². The summed E-state index contributed by atoms with van der Waals surface area (Å²) in [6, 6.07) is 1.58. The number of rotatable bonds is 2. The topological polar surface area (TPSA) is 19.0 Å². The number of nitrogens with zero attached hydrogens (tertiary/aromatic N) is 2. The highest BCUT2D eigenvalue weighted by molar-refractivity contribution is 4.92. The van der Waals surface area contributed by atoms with Gasteiger partial charge in [-0.15, -0.1) is 0 Å². The minimum absolute atomic E-state index is 0.561. The minimum atomic E-state index is 0.561. The van der Waals surface area contributed by atoms with Crippen LogP contribution >= 0.6 is 0 Å². The molecule has 0 bridgehead atoms. The molecule has 14 heavy (non-hydrogen) atoms. The smallest absolute Gasteiger partial charge is 0.0936 e. The highest BCUT2D eigenvalue weighted by Gasteiger charge is 2.36. The van der Waals surface area contributed by atoms with Crippen LogP contribution in [0.1, 0.15) is 19.8 Å². The predicted molar refractivity (Wildman–Crippen MR) is 55.4 cm³/mol. The summed E-state index contributed by atoms with van der Waals surface area (Å²) in [5.74, 6) is 0. The number of fused-ring (bicyclic) bond motifs is 1. The Hall–Kier alpha value is -0.120. The van der Waals surface area contributed by atoms with E-state index in [0.29, 0.717) is 6.10 Å². The summed E-state index contributed by atoms with van der Waals surface area (Å²) < 4.78 is 5.32. The molecule has 0 amide bonds. The van der Waals surface area contributed by atoms with Crippen molar-refractivity contribution >= 4 is 0 Å². The van der Waals surface area contributed by atoms with Gasteiger partial charge in [0.25, 0.3) is 0 Å². The molecule has 3 aliphatic rings. The molecular formula is C11H20N2O. The van der Waals surface area contributed by atoms with Gasteiger partial charge in [0, 0.05) is 31.7 Å². The van der Waals surface area contributed by atoms with Crippen LogP contribution in [0, 0.1) is 0 Å². The van der Waals surface area contributed by atoms with Crippen LogP contribution < -0.4 is 0 Å². The van der Waals surface area contributed by atoms with Crippen molar-refractivity contribution < 1.29 is 4.74 Å². The molecule has 0 saturated carbocycles. The molecule has 2 unspecified atom stereocenters. The average molecular weight is 196 g/mol. The lowest BCUT2D eigenvalue weighted by Crippen LogP contribution is -2.55. The van der Waals surface area contributed by atoms with Gasteiger partial charge in [0.15, 0.2) is 0 Å². The van der Waals surface area contributed by atoms with Crippen molar-refractivity contribution in [1.29, 1.82) is 0 Å². The summed E-state index contributed by atoms with van der Waals surface area (Å²) >= 11 is 0. The molecule has 3 saturated heterocycles. The molecule has 3 aliphatic heterocycles. The van der Waals surface area contributed by atoms with Gasteiger partial charge in [0.2, 0.25) is 0 Å². The predicted octanol–water partition coefficient (Wildman–Crippen LogP) is 0.554. The summed E-state index contributed by atoms with van der Waals surface area (Å²) in [6.45, 7) is 8.42. The Bertz CT molecular complexity index is 217. The van der Waals surface area contributed by atoms with Gasteiger partial charge in [0.05, 0.1) is 12.7 Å². The van der Waals surface area contributed by atoms with E-state index in [9.17, 15) is 0 Å². The summed E-state index contributed by atoms with van der Waals surface area (Å²) in [6.07, 6.45) is 3.38. The van der Waals surface area contributed by atoms with Crippen molar-refractivity contribution in [3.63, 3.8) is 0 Å². The monoisotopic (exact) mass is 196 g/mol. The summed E-state index contributed by atoms with van der Waals surface area (Å²) in [5, 5.41) is 0. The van der Waals surface area contributed by atoms with Crippen molar-refractivity contribution in [2.24, 2.45) is 0 Å². The molecule has 0 N–H and O–H groups in total. The van der Waals surface area contributed by atoms with Crippen molar-refractivity contribution in [1.82, 2.24) is 9.80 Å². The maximum atomic E-state index is 5.32.